The minimum absolute atomic E-state index is 0.184. The van der Waals surface area contributed by atoms with E-state index in [1.165, 1.54) is 19.2 Å². The average Bonchev–Trinajstić information content (AvgIpc) is 2.30. The first-order valence-electron chi connectivity index (χ1n) is 4.81. The van der Waals surface area contributed by atoms with Crippen LogP contribution in [0.5, 0.6) is 0 Å². The Balaban J connectivity index is 2.79. The maximum absolute atomic E-state index is 10.9. The second-order valence-corrected chi connectivity index (χ2v) is 4.08. The van der Waals surface area contributed by atoms with Gasteiger partial charge in [-0.1, -0.05) is 34.1 Å². The summed E-state index contributed by atoms with van der Waals surface area (Å²) in [6.45, 7) is 0. The lowest BCUT2D eigenvalue weighted by Crippen LogP contribution is -1.97. The standard InChI is InChI=1S/C12H11BrO4/c1-17-11(14)4-2-3-8-5-6-9(12(15)16)7-10(8)13/h2-3,5-7H,4H2,1H3,(H,15,16). The Morgan fingerprint density at radius 2 is 2.18 bits per heavy atom. The molecule has 17 heavy (non-hydrogen) atoms. The quantitative estimate of drug-likeness (QED) is 0.868. The van der Waals surface area contributed by atoms with E-state index in [0.29, 0.717) is 4.47 Å². The summed E-state index contributed by atoms with van der Waals surface area (Å²) in [5, 5.41) is 8.78. The van der Waals surface area contributed by atoms with Gasteiger partial charge in [0.05, 0.1) is 19.1 Å². The fourth-order valence-corrected chi connectivity index (χ4v) is 1.67. The molecule has 1 rings (SSSR count). The van der Waals surface area contributed by atoms with Crippen LogP contribution >= 0.6 is 15.9 Å². The van der Waals surface area contributed by atoms with Gasteiger partial charge in [0.15, 0.2) is 0 Å². The molecule has 1 aromatic carbocycles. The van der Waals surface area contributed by atoms with Crippen molar-refractivity contribution in [2.45, 2.75) is 6.42 Å². The molecule has 0 unspecified atom stereocenters. The highest BCUT2D eigenvalue weighted by molar-refractivity contribution is 9.10. The number of carbonyl (C=O) groups excluding carboxylic acids is 1. The molecule has 0 amide bonds. The lowest BCUT2D eigenvalue weighted by atomic mass is 10.1. The van der Waals surface area contributed by atoms with Gasteiger partial charge in [0, 0.05) is 4.47 Å². The highest BCUT2D eigenvalue weighted by Gasteiger charge is 2.04. The SMILES string of the molecule is COC(=O)CC=Cc1ccc(C(=O)O)cc1Br. The summed E-state index contributed by atoms with van der Waals surface area (Å²) in [4.78, 5) is 21.6. The van der Waals surface area contributed by atoms with Crippen molar-refractivity contribution in [3.63, 3.8) is 0 Å². The molecule has 0 aliphatic carbocycles. The monoisotopic (exact) mass is 298 g/mol. The fraction of sp³-hybridized carbons (Fsp3) is 0.167. The number of carboxylic acids is 1. The molecule has 0 bridgehead atoms. The number of methoxy groups -OCH3 is 1. The Hall–Kier alpha value is -1.62. The molecule has 0 saturated carbocycles. The molecule has 0 atom stereocenters. The third-order valence-corrected chi connectivity index (χ3v) is 2.74. The topological polar surface area (TPSA) is 63.6 Å². The summed E-state index contributed by atoms with van der Waals surface area (Å²) in [5.41, 5.74) is 1.01. The van der Waals surface area contributed by atoms with Crippen molar-refractivity contribution in [1.82, 2.24) is 0 Å². The molecular formula is C12H11BrO4. The van der Waals surface area contributed by atoms with Gasteiger partial charge in [-0.15, -0.1) is 0 Å². The molecule has 1 N–H and O–H groups in total. The fourth-order valence-electron chi connectivity index (χ4n) is 1.16. The summed E-state index contributed by atoms with van der Waals surface area (Å²) in [6, 6.07) is 4.69. The van der Waals surface area contributed by atoms with Gasteiger partial charge in [0.1, 0.15) is 0 Å². The molecule has 5 heteroatoms. The van der Waals surface area contributed by atoms with E-state index >= 15 is 0 Å². The van der Waals surface area contributed by atoms with E-state index in [4.69, 9.17) is 5.11 Å². The predicted molar refractivity (Wildman–Crippen MR) is 66.8 cm³/mol. The normalized spacial score (nSPS) is 10.5. The summed E-state index contributed by atoms with van der Waals surface area (Å²) >= 11 is 3.27. The van der Waals surface area contributed by atoms with E-state index in [-0.39, 0.29) is 18.0 Å². The first-order chi connectivity index (χ1) is 8.04. The molecule has 0 aliphatic rings. The van der Waals surface area contributed by atoms with Crippen LogP contribution in [0.1, 0.15) is 22.3 Å². The number of carbonyl (C=O) groups is 2. The first-order valence-corrected chi connectivity index (χ1v) is 5.60. The number of hydrogen-bond donors (Lipinski definition) is 1. The van der Waals surface area contributed by atoms with Gasteiger partial charge < -0.3 is 9.84 Å². The van der Waals surface area contributed by atoms with Gasteiger partial charge in [-0.25, -0.2) is 4.79 Å². The van der Waals surface area contributed by atoms with Crippen molar-refractivity contribution in [1.29, 1.82) is 0 Å². The van der Waals surface area contributed by atoms with E-state index in [9.17, 15) is 9.59 Å². The Bertz CT molecular complexity index is 466. The molecule has 0 fully saturated rings. The maximum atomic E-state index is 10.9. The van der Waals surface area contributed by atoms with E-state index in [1.807, 2.05) is 0 Å². The number of halogens is 1. The van der Waals surface area contributed by atoms with Crippen LogP contribution in [0.4, 0.5) is 0 Å². The third-order valence-electron chi connectivity index (χ3n) is 2.06. The summed E-state index contributed by atoms with van der Waals surface area (Å²) < 4.78 is 5.15. The van der Waals surface area contributed by atoms with Crippen LogP contribution in [0, 0.1) is 0 Å². The Morgan fingerprint density at radius 3 is 2.71 bits per heavy atom. The number of rotatable bonds is 4. The van der Waals surface area contributed by atoms with Gasteiger partial charge in [-0.3, -0.25) is 4.79 Å². The number of carboxylic acid groups (broad SMARTS) is 1. The zero-order valence-electron chi connectivity index (χ0n) is 9.14. The van der Waals surface area contributed by atoms with Crippen LogP contribution in [0.15, 0.2) is 28.7 Å². The van der Waals surface area contributed by atoms with Crippen LogP contribution in [0.3, 0.4) is 0 Å². The minimum atomic E-state index is -0.976. The van der Waals surface area contributed by atoms with Crippen LogP contribution in [-0.4, -0.2) is 24.2 Å². The first kappa shape index (κ1) is 13.4. The summed E-state index contributed by atoms with van der Waals surface area (Å²) in [6.07, 6.45) is 3.57. The molecule has 0 aliphatic heterocycles. The number of aromatic carboxylic acids is 1. The number of esters is 1. The second kappa shape index (κ2) is 6.20. The molecule has 0 radical (unpaired) electrons. The maximum Gasteiger partial charge on any atom is 0.335 e. The molecule has 0 aromatic heterocycles. The lowest BCUT2D eigenvalue weighted by molar-refractivity contribution is -0.139. The Labute approximate surface area is 107 Å². The van der Waals surface area contributed by atoms with Crippen LogP contribution in [0.2, 0.25) is 0 Å². The Morgan fingerprint density at radius 1 is 1.47 bits per heavy atom. The minimum Gasteiger partial charge on any atom is -0.478 e. The van der Waals surface area contributed by atoms with Crippen LogP contribution < -0.4 is 0 Å². The number of hydrogen-bond acceptors (Lipinski definition) is 3. The molecule has 0 spiro atoms. The van der Waals surface area contributed by atoms with Crippen molar-refractivity contribution in [3.05, 3.63) is 39.9 Å². The third kappa shape index (κ3) is 4.03. The van der Waals surface area contributed by atoms with Gasteiger partial charge in [-0.2, -0.15) is 0 Å². The molecular weight excluding hydrogens is 288 g/mol. The van der Waals surface area contributed by atoms with Crippen molar-refractivity contribution in [2.24, 2.45) is 0 Å². The van der Waals surface area contributed by atoms with Gasteiger partial charge in [0.25, 0.3) is 0 Å². The lowest BCUT2D eigenvalue weighted by Gasteiger charge is -2.00. The van der Waals surface area contributed by atoms with Crippen molar-refractivity contribution in [3.8, 4) is 0 Å². The van der Waals surface area contributed by atoms with E-state index in [2.05, 4.69) is 20.7 Å². The van der Waals surface area contributed by atoms with Gasteiger partial charge in [0.2, 0.25) is 0 Å². The van der Waals surface area contributed by atoms with Crippen molar-refractivity contribution < 1.29 is 19.4 Å². The summed E-state index contributed by atoms with van der Waals surface area (Å²) in [7, 11) is 1.33. The molecule has 90 valence electrons. The van der Waals surface area contributed by atoms with Gasteiger partial charge >= 0.3 is 11.9 Å². The molecule has 0 heterocycles. The summed E-state index contributed by atoms with van der Waals surface area (Å²) in [5.74, 6) is -1.30. The highest BCUT2D eigenvalue weighted by atomic mass is 79.9. The molecule has 4 nitrogen and oxygen atoms in total. The smallest absolute Gasteiger partial charge is 0.335 e. The zero-order valence-corrected chi connectivity index (χ0v) is 10.7. The van der Waals surface area contributed by atoms with E-state index in [1.54, 1.807) is 18.2 Å². The van der Waals surface area contributed by atoms with Gasteiger partial charge in [-0.05, 0) is 17.7 Å². The second-order valence-electron chi connectivity index (χ2n) is 3.22. The van der Waals surface area contributed by atoms with Crippen molar-refractivity contribution in [2.75, 3.05) is 7.11 Å². The van der Waals surface area contributed by atoms with E-state index in [0.717, 1.165) is 5.56 Å². The largest absolute Gasteiger partial charge is 0.478 e. The number of ether oxygens (including phenoxy) is 1. The van der Waals surface area contributed by atoms with Crippen molar-refractivity contribution >= 4 is 33.9 Å². The Kier molecular flexibility index (Phi) is 4.90. The predicted octanol–water partition coefficient (Wildman–Crippen LogP) is 2.72. The molecule has 1 aromatic rings. The van der Waals surface area contributed by atoms with Crippen LogP contribution in [-0.2, 0) is 9.53 Å². The zero-order chi connectivity index (χ0) is 12.8. The number of benzene rings is 1. The average molecular weight is 299 g/mol. The van der Waals surface area contributed by atoms with E-state index < -0.39 is 5.97 Å². The molecule has 0 saturated heterocycles. The van der Waals surface area contributed by atoms with Crippen LogP contribution in [0.25, 0.3) is 6.08 Å². The highest BCUT2D eigenvalue weighted by Crippen LogP contribution is 2.20.